The van der Waals surface area contributed by atoms with Crippen LogP contribution >= 0.6 is 0 Å². The van der Waals surface area contributed by atoms with Gasteiger partial charge in [-0.1, -0.05) is 32.9 Å². The van der Waals surface area contributed by atoms with Crippen LogP contribution in [-0.4, -0.2) is 49.1 Å². The maximum Gasteiger partial charge on any atom is 0.0314 e. The van der Waals surface area contributed by atoms with E-state index in [1.54, 1.807) is 0 Å². The van der Waals surface area contributed by atoms with Crippen LogP contribution in [0.1, 0.15) is 39.2 Å². The highest BCUT2D eigenvalue weighted by atomic mass is 15.2. The van der Waals surface area contributed by atoms with Crippen LogP contribution in [0.15, 0.2) is 24.3 Å². The van der Waals surface area contributed by atoms with Crippen LogP contribution in [0.3, 0.4) is 0 Å². The predicted octanol–water partition coefficient (Wildman–Crippen LogP) is 2.96. The van der Waals surface area contributed by atoms with Gasteiger partial charge in [-0.3, -0.25) is 4.90 Å². The molecule has 0 radical (unpaired) electrons. The van der Waals surface area contributed by atoms with Crippen molar-refractivity contribution in [2.24, 2.45) is 0 Å². The topological polar surface area (TPSA) is 32.5 Å². The van der Waals surface area contributed by atoms with Crippen LogP contribution in [0.2, 0.25) is 0 Å². The van der Waals surface area contributed by atoms with Crippen molar-refractivity contribution < 1.29 is 0 Å². The summed E-state index contributed by atoms with van der Waals surface area (Å²) in [5, 5.41) is 0. The number of benzene rings is 1. The maximum atomic E-state index is 5.79. The summed E-state index contributed by atoms with van der Waals surface area (Å²) >= 11 is 0. The minimum absolute atomic E-state index is 0.151. The minimum Gasteiger partial charge on any atom is -0.399 e. The Kier molecular flexibility index (Phi) is 5.28. The third-order valence-corrected chi connectivity index (χ3v) is 4.79. The van der Waals surface area contributed by atoms with Crippen LogP contribution in [-0.2, 0) is 5.41 Å². The van der Waals surface area contributed by atoms with Gasteiger partial charge in [-0.25, -0.2) is 0 Å². The molecule has 0 bridgehead atoms. The van der Waals surface area contributed by atoms with Crippen molar-refractivity contribution in [2.45, 2.75) is 45.1 Å². The second kappa shape index (κ2) is 6.80. The number of rotatable bonds is 6. The maximum absolute atomic E-state index is 5.79. The standard InChI is InChI=1S/C18H31N3/c1-5-21-12-6-7-17(21)13-20(4)14-18(2,3)15-8-10-16(19)11-9-15/h8-11,17H,5-7,12-14,19H2,1-4H3. The van der Waals surface area contributed by atoms with E-state index < -0.39 is 0 Å². The molecule has 1 unspecified atom stereocenters. The predicted molar refractivity (Wildman–Crippen MR) is 91.6 cm³/mol. The van der Waals surface area contributed by atoms with Gasteiger partial charge in [-0.05, 0) is 50.7 Å². The van der Waals surface area contributed by atoms with E-state index in [2.05, 4.69) is 49.8 Å². The largest absolute Gasteiger partial charge is 0.399 e. The lowest BCUT2D eigenvalue weighted by molar-refractivity contribution is 0.180. The van der Waals surface area contributed by atoms with Crippen LogP contribution in [0.5, 0.6) is 0 Å². The lowest BCUT2D eigenvalue weighted by Gasteiger charge is -2.34. The summed E-state index contributed by atoms with van der Waals surface area (Å²) in [6.45, 7) is 11.6. The second-order valence-electron chi connectivity index (χ2n) is 7.13. The molecule has 1 atom stereocenters. The van der Waals surface area contributed by atoms with Gasteiger partial charge in [0, 0.05) is 30.2 Å². The Morgan fingerprint density at radius 2 is 1.95 bits per heavy atom. The molecule has 1 aliphatic rings. The summed E-state index contributed by atoms with van der Waals surface area (Å²) in [7, 11) is 2.26. The second-order valence-corrected chi connectivity index (χ2v) is 7.13. The molecule has 1 heterocycles. The van der Waals surface area contributed by atoms with Gasteiger partial charge in [0.1, 0.15) is 0 Å². The van der Waals surface area contributed by atoms with Crippen LogP contribution < -0.4 is 5.73 Å². The first-order valence-electron chi connectivity index (χ1n) is 8.21. The van der Waals surface area contributed by atoms with E-state index in [-0.39, 0.29) is 5.41 Å². The molecule has 2 N–H and O–H groups in total. The highest BCUT2D eigenvalue weighted by Gasteiger charge is 2.27. The average Bonchev–Trinajstić information content (AvgIpc) is 2.85. The van der Waals surface area contributed by atoms with Gasteiger partial charge in [0.15, 0.2) is 0 Å². The first kappa shape index (κ1) is 16.3. The number of likely N-dealkylation sites (tertiary alicyclic amines) is 1. The molecular formula is C18H31N3. The van der Waals surface area contributed by atoms with Gasteiger partial charge < -0.3 is 10.6 Å². The Bertz CT molecular complexity index is 438. The molecule has 3 nitrogen and oxygen atoms in total. The molecule has 1 saturated heterocycles. The SMILES string of the molecule is CCN1CCCC1CN(C)CC(C)(C)c1ccc(N)cc1. The fourth-order valence-electron chi connectivity index (χ4n) is 3.64. The lowest BCUT2D eigenvalue weighted by Crippen LogP contribution is -2.43. The average molecular weight is 289 g/mol. The number of nitrogen functional groups attached to an aromatic ring is 1. The number of hydrogen-bond donors (Lipinski definition) is 1. The molecule has 1 aromatic carbocycles. The first-order chi connectivity index (χ1) is 9.92. The Hall–Kier alpha value is -1.06. The number of likely N-dealkylation sites (N-methyl/N-ethyl adjacent to an activating group) is 2. The number of nitrogens with two attached hydrogens (primary N) is 1. The summed E-state index contributed by atoms with van der Waals surface area (Å²) in [5.74, 6) is 0. The zero-order valence-electron chi connectivity index (χ0n) is 14.1. The molecular weight excluding hydrogens is 258 g/mol. The van der Waals surface area contributed by atoms with Crippen molar-refractivity contribution in [1.82, 2.24) is 9.80 Å². The van der Waals surface area contributed by atoms with E-state index in [0.29, 0.717) is 0 Å². The molecule has 0 aromatic heterocycles. The van der Waals surface area contributed by atoms with Gasteiger partial charge in [0.2, 0.25) is 0 Å². The Morgan fingerprint density at radius 1 is 1.29 bits per heavy atom. The summed E-state index contributed by atoms with van der Waals surface area (Å²) in [5.41, 5.74) is 8.15. The third-order valence-electron chi connectivity index (χ3n) is 4.79. The summed E-state index contributed by atoms with van der Waals surface area (Å²) in [4.78, 5) is 5.11. The van der Waals surface area contributed by atoms with Crippen LogP contribution in [0.25, 0.3) is 0 Å². The van der Waals surface area contributed by atoms with Gasteiger partial charge in [-0.15, -0.1) is 0 Å². The smallest absolute Gasteiger partial charge is 0.0314 e. The van der Waals surface area contributed by atoms with E-state index in [4.69, 9.17) is 5.73 Å². The third kappa shape index (κ3) is 4.21. The molecule has 0 aliphatic carbocycles. The number of hydrogen-bond acceptors (Lipinski definition) is 3. The van der Waals surface area contributed by atoms with E-state index >= 15 is 0 Å². The quantitative estimate of drug-likeness (QED) is 0.817. The van der Waals surface area contributed by atoms with E-state index in [0.717, 1.165) is 18.3 Å². The molecule has 0 amide bonds. The molecule has 1 aromatic rings. The van der Waals surface area contributed by atoms with Crippen LogP contribution in [0, 0.1) is 0 Å². The Balaban J connectivity index is 1.94. The zero-order valence-corrected chi connectivity index (χ0v) is 14.1. The molecule has 1 aliphatic heterocycles. The molecule has 0 saturated carbocycles. The fraction of sp³-hybridized carbons (Fsp3) is 0.667. The van der Waals surface area contributed by atoms with Crippen molar-refractivity contribution in [2.75, 3.05) is 39.0 Å². The van der Waals surface area contributed by atoms with Gasteiger partial charge in [0.05, 0.1) is 0 Å². The summed E-state index contributed by atoms with van der Waals surface area (Å²) < 4.78 is 0. The normalized spacial score (nSPS) is 20.3. The first-order valence-corrected chi connectivity index (χ1v) is 8.21. The van der Waals surface area contributed by atoms with Gasteiger partial charge in [0.25, 0.3) is 0 Å². The fourth-order valence-corrected chi connectivity index (χ4v) is 3.64. The van der Waals surface area contributed by atoms with Crippen molar-refractivity contribution in [3.05, 3.63) is 29.8 Å². The lowest BCUT2D eigenvalue weighted by atomic mass is 9.84. The monoisotopic (exact) mass is 289 g/mol. The molecule has 2 rings (SSSR count). The molecule has 0 spiro atoms. The van der Waals surface area contributed by atoms with Crippen molar-refractivity contribution in [3.63, 3.8) is 0 Å². The zero-order chi connectivity index (χ0) is 15.5. The van der Waals surface area contributed by atoms with Crippen molar-refractivity contribution >= 4 is 5.69 Å². The summed E-state index contributed by atoms with van der Waals surface area (Å²) in [6.07, 6.45) is 2.70. The van der Waals surface area contributed by atoms with Crippen LogP contribution in [0.4, 0.5) is 5.69 Å². The van der Waals surface area contributed by atoms with Crippen molar-refractivity contribution in [1.29, 1.82) is 0 Å². The Labute approximate surface area is 130 Å². The van der Waals surface area contributed by atoms with Gasteiger partial charge in [-0.2, -0.15) is 0 Å². The molecule has 21 heavy (non-hydrogen) atoms. The Morgan fingerprint density at radius 3 is 2.57 bits per heavy atom. The summed E-state index contributed by atoms with van der Waals surface area (Å²) in [6, 6.07) is 9.08. The van der Waals surface area contributed by atoms with Gasteiger partial charge >= 0.3 is 0 Å². The molecule has 3 heteroatoms. The van der Waals surface area contributed by atoms with E-state index in [1.165, 1.54) is 38.0 Å². The van der Waals surface area contributed by atoms with E-state index in [9.17, 15) is 0 Å². The number of nitrogens with zero attached hydrogens (tertiary/aromatic N) is 2. The highest BCUT2D eigenvalue weighted by Crippen LogP contribution is 2.26. The minimum atomic E-state index is 0.151. The highest BCUT2D eigenvalue weighted by molar-refractivity contribution is 5.41. The molecule has 118 valence electrons. The van der Waals surface area contributed by atoms with E-state index in [1.807, 2.05) is 12.1 Å². The number of anilines is 1. The van der Waals surface area contributed by atoms with Crippen molar-refractivity contribution in [3.8, 4) is 0 Å². The molecule has 1 fully saturated rings.